The number of rotatable bonds is 4. The molecule has 1 N–H and O–H groups in total. The Hall–Kier alpha value is -4.08. The molecular weight excluding hydrogens is 393 g/mol. The van der Waals surface area contributed by atoms with E-state index in [0.29, 0.717) is 17.3 Å². The molecule has 0 aliphatic rings. The number of aromatic nitrogens is 4. The van der Waals surface area contributed by atoms with E-state index in [0.717, 1.165) is 0 Å². The second kappa shape index (κ2) is 7.39. The molecule has 4 aromatic rings. The maximum Gasteiger partial charge on any atom is 0.340 e. The van der Waals surface area contributed by atoms with Gasteiger partial charge in [-0.3, -0.25) is 9.20 Å². The number of benzene rings is 1. The molecule has 0 aliphatic heterocycles. The molecule has 0 saturated carbocycles. The van der Waals surface area contributed by atoms with E-state index in [4.69, 9.17) is 4.42 Å². The van der Waals surface area contributed by atoms with Crippen molar-refractivity contribution in [2.45, 2.75) is 13.8 Å². The number of esters is 1. The van der Waals surface area contributed by atoms with Crippen LogP contribution in [-0.2, 0) is 4.74 Å². The van der Waals surface area contributed by atoms with Crippen LogP contribution in [-0.4, -0.2) is 38.3 Å². The molecule has 30 heavy (non-hydrogen) atoms. The average Bonchev–Trinajstić information content (AvgIpc) is 3.30. The van der Waals surface area contributed by atoms with Gasteiger partial charge in [0.05, 0.1) is 24.1 Å². The first-order valence-corrected chi connectivity index (χ1v) is 8.84. The molecule has 152 valence electrons. The summed E-state index contributed by atoms with van der Waals surface area (Å²) < 4.78 is 26.0. The number of nitrogens with one attached hydrogen (secondary N) is 1. The van der Waals surface area contributed by atoms with E-state index < -0.39 is 17.7 Å². The van der Waals surface area contributed by atoms with Gasteiger partial charge in [-0.25, -0.2) is 24.1 Å². The molecule has 0 unspecified atom stereocenters. The van der Waals surface area contributed by atoms with Crippen LogP contribution in [0.25, 0.3) is 17.0 Å². The number of nitrogens with zero attached hydrogens (tertiary/aromatic N) is 4. The fourth-order valence-electron chi connectivity index (χ4n) is 2.97. The van der Waals surface area contributed by atoms with Crippen LogP contribution in [0.5, 0.6) is 0 Å². The summed E-state index contributed by atoms with van der Waals surface area (Å²) in [5.74, 6) is -0.833. The summed E-state index contributed by atoms with van der Waals surface area (Å²) >= 11 is 0. The van der Waals surface area contributed by atoms with Gasteiger partial charge < -0.3 is 14.5 Å². The number of oxazole rings is 1. The van der Waals surface area contributed by atoms with E-state index in [9.17, 15) is 14.0 Å². The average molecular weight is 409 g/mol. The lowest BCUT2D eigenvalue weighted by molar-refractivity contribution is 0.0599. The molecule has 0 aliphatic carbocycles. The lowest BCUT2D eigenvalue weighted by atomic mass is 10.1. The van der Waals surface area contributed by atoms with Crippen LogP contribution in [0.3, 0.4) is 0 Å². The van der Waals surface area contributed by atoms with E-state index in [1.807, 2.05) is 0 Å². The Bertz CT molecular complexity index is 1290. The number of fused-ring (bicyclic) bond motifs is 1. The molecule has 0 atom stereocenters. The third kappa shape index (κ3) is 3.50. The molecule has 10 heteroatoms. The van der Waals surface area contributed by atoms with Crippen molar-refractivity contribution in [2.75, 3.05) is 12.4 Å². The molecule has 0 saturated heterocycles. The number of anilines is 1. The van der Waals surface area contributed by atoms with Crippen LogP contribution in [0.2, 0.25) is 0 Å². The van der Waals surface area contributed by atoms with Gasteiger partial charge in [0.2, 0.25) is 11.5 Å². The van der Waals surface area contributed by atoms with Crippen molar-refractivity contribution in [3.8, 4) is 11.3 Å². The SMILES string of the molecule is COC(=O)c1cnc2nc(-c3cc(NC(=O)c4oc(C)nc4C)ccc3F)cn2c1. The van der Waals surface area contributed by atoms with Gasteiger partial charge in [-0.05, 0) is 25.1 Å². The Morgan fingerprint density at radius 3 is 2.70 bits per heavy atom. The van der Waals surface area contributed by atoms with Gasteiger partial charge in [-0.2, -0.15) is 0 Å². The molecule has 4 rings (SSSR count). The molecule has 3 aromatic heterocycles. The number of amides is 1. The number of hydrogen-bond donors (Lipinski definition) is 1. The Balaban J connectivity index is 1.67. The number of aryl methyl sites for hydroxylation is 2. The zero-order valence-corrected chi connectivity index (χ0v) is 16.3. The van der Waals surface area contributed by atoms with E-state index in [1.165, 1.54) is 48.3 Å². The largest absolute Gasteiger partial charge is 0.465 e. The van der Waals surface area contributed by atoms with Crippen molar-refractivity contribution in [3.05, 3.63) is 65.5 Å². The summed E-state index contributed by atoms with van der Waals surface area (Å²) in [7, 11) is 1.27. The minimum Gasteiger partial charge on any atom is -0.465 e. The molecule has 0 spiro atoms. The quantitative estimate of drug-likeness (QED) is 0.515. The normalized spacial score (nSPS) is 10.9. The highest BCUT2D eigenvalue weighted by Crippen LogP contribution is 2.26. The van der Waals surface area contributed by atoms with Crippen molar-refractivity contribution in [1.29, 1.82) is 0 Å². The summed E-state index contributed by atoms with van der Waals surface area (Å²) in [6.45, 7) is 3.30. The Labute approximate surface area is 169 Å². The molecule has 3 heterocycles. The minimum atomic E-state index is -0.548. The Kier molecular flexibility index (Phi) is 4.74. The van der Waals surface area contributed by atoms with Gasteiger partial charge in [-0.1, -0.05) is 0 Å². The predicted molar refractivity (Wildman–Crippen MR) is 104 cm³/mol. The van der Waals surface area contributed by atoms with E-state index in [1.54, 1.807) is 13.8 Å². The Morgan fingerprint density at radius 1 is 1.20 bits per heavy atom. The second-order valence-corrected chi connectivity index (χ2v) is 6.46. The van der Waals surface area contributed by atoms with Crippen molar-refractivity contribution in [3.63, 3.8) is 0 Å². The standard InChI is InChI=1S/C20H16FN5O4/c1-10-17(30-11(2)23-10)18(27)24-13-4-5-15(21)14(6-13)16-9-26-8-12(19(28)29-3)7-22-20(26)25-16/h4-9H,1-3H3,(H,24,27). The highest BCUT2D eigenvalue weighted by Gasteiger charge is 2.18. The summed E-state index contributed by atoms with van der Waals surface area (Å²) in [5.41, 5.74) is 1.48. The number of carbonyl (C=O) groups excluding carboxylic acids is 2. The van der Waals surface area contributed by atoms with E-state index >= 15 is 0 Å². The molecule has 1 aromatic carbocycles. The van der Waals surface area contributed by atoms with Crippen molar-refractivity contribution in [2.24, 2.45) is 0 Å². The van der Waals surface area contributed by atoms with Crippen LogP contribution >= 0.6 is 0 Å². The van der Waals surface area contributed by atoms with Crippen LogP contribution in [0, 0.1) is 19.7 Å². The van der Waals surface area contributed by atoms with E-state index in [2.05, 4.69) is 25.0 Å². The molecular formula is C20H16FN5O4. The molecule has 0 fully saturated rings. The highest BCUT2D eigenvalue weighted by molar-refractivity contribution is 6.03. The smallest absolute Gasteiger partial charge is 0.340 e. The second-order valence-electron chi connectivity index (χ2n) is 6.46. The predicted octanol–water partition coefficient (Wildman–Crippen LogP) is 3.18. The fraction of sp³-hybridized carbons (Fsp3) is 0.150. The maximum atomic E-state index is 14.5. The van der Waals surface area contributed by atoms with Gasteiger partial charge in [0.1, 0.15) is 5.82 Å². The van der Waals surface area contributed by atoms with Crippen molar-refractivity contribution < 1.29 is 23.1 Å². The lowest BCUT2D eigenvalue weighted by Crippen LogP contribution is -2.12. The van der Waals surface area contributed by atoms with E-state index in [-0.39, 0.29) is 28.4 Å². The fourth-order valence-corrected chi connectivity index (χ4v) is 2.97. The van der Waals surface area contributed by atoms with Crippen LogP contribution in [0.4, 0.5) is 10.1 Å². The lowest BCUT2D eigenvalue weighted by Gasteiger charge is -2.06. The topological polar surface area (TPSA) is 112 Å². The Morgan fingerprint density at radius 2 is 2.00 bits per heavy atom. The van der Waals surface area contributed by atoms with Crippen molar-refractivity contribution in [1.82, 2.24) is 19.4 Å². The highest BCUT2D eigenvalue weighted by atomic mass is 19.1. The number of hydrogen-bond acceptors (Lipinski definition) is 7. The number of methoxy groups -OCH3 is 1. The first-order valence-electron chi connectivity index (χ1n) is 8.84. The molecule has 0 bridgehead atoms. The third-order valence-corrected chi connectivity index (χ3v) is 4.34. The minimum absolute atomic E-state index is 0.0886. The first kappa shape index (κ1) is 19.2. The number of ether oxygens (including phenoxy) is 1. The molecule has 9 nitrogen and oxygen atoms in total. The summed E-state index contributed by atoms with van der Waals surface area (Å²) in [4.78, 5) is 36.5. The number of halogens is 1. The van der Waals surface area contributed by atoms with Gasteiger partial charge in [0, 0.05) is 36.8 Å². The van der Waals surface area contributed by atoms with Gasteiger partial charge in [-0.15, -0.1) is 0 Å². The zero-order chi connectivity index (χ0) is 21.4. The molecule has 1 amide bonds. The summed E-state index contributed by atoms with van der Waals surface area (Å²) in [5, 5.41) is 2.66. The number of carbonyl (C=O) groups is 2. The van der Waals surface area contributed by atoms with Gasteiger partial charge in [0.25, 0.3) is 5.91 Å². The zero-order valence-electron chi connectivity index (χ0n) is 16.3. The number of imidazole rings is 1. The third-order valence-electron chi connectivity index (χ3n) is 4.34. The monoisotopic (exact) mass is 409 g/mol. The maximum absolute atomic E-state index is 14.5. The summed E-state index contributed by atoms with van der Waals surface area (Å²) in [6.07, 6.45) is 4.35. The van der Waals surface area contributed by atoms with Gasteiger partial charge >= 0.3 is 5.97 Å². The van der Waals surface area contributed by atoms with Crippen LogP contribution in [0.15, 0.2) is 41.2 Å². The van der Waals surface area contributed by atoms with Crippen molar-refractivity contribution >= 4 is 23.3 Å². The first-order chi connectivity index (χ1) is 14.4. The van der Waals surface area contributed by atoms with Gasteiger partial charge in [0.15, 0.2) is 5.89 Å². The van der Waals surface area contributed by atoms with Crippen LogP contribution < -0.4 is 5.32 Å². The van der Waals surface area contributed by atoms with Crippen LogP contribution in [0.1, 0.15) is 32.5 Å². The molecule has 0 radical (unpaired) electrons. The summed E-state index contributed by atoms with van der Waals surface area (Å²) in [6, 6.07) is 4.11.